The predicted octanol–water partition coefficient (Wildman–Crippen LogP) is 6.83. The van der Waals surface area contributed by atoms with Crippen LogP contribution in [0.25, 0.3) is 32.4 Å². The third-order valence-electron chi connectivity index (χ3n) is 4.85. The molecule has 0 unspecified atom stereocenters. The number of hydrogen-bond donors (Lipinski definition) is 1. The fourth-order valence-corrected chi connectivity index (χ4v) is 4.84. The molecule has 0 fully saturated rings. The van der Waals surface area contributed by atoms with Crippen molar-refractivity contribution in [3.63, 3.8) is 0 Å². The molecule has 0 saturated carbocycles. The second-order valence-electron chi connectivity index (χ2n) is 7.03. The van der Waals surface area contributed by atoms with Crippen molar-refractivity contribution in [2.24, 2.45) is 0 Å². The number of pyridine rings is 1. The lowest BCUT2D eigenvalue weighted by atomic mass is 10.0. The van der Waals surface area contributed by atoms with Gasteiger partial charge in [-0.25, -0.2) is 9.97 Å². The van der Waals surface area contributed by atoms with Gasteiger partial charge in [-0.3, -0.25) is 10.1 Å². The maximum Gasteiger partial charge on any atom is 0.258 e. The molecule has 4 nitrogen and oxygen atoms in total. The number of hydrogen-bond acceptors (Lipinski definition) is 4. The lowest BCUT2D eigenvalue weighted by Gasteiger charge is -2.10. The summed E-state index contributed by atoms with van der Waals surface area (Å²) in [6.45, 7) is 2.05. The Bertz CT molecular complexity index is 1430. The van der Waals surface area contributed by atoms with Gasteiger partial charge in [-0.2, -0.15) is 0 Å². The zero-order chi connectivity index (χ0) is 20.7. The number of rotatable bonds is 3. The molecule has 0 radical (unpaired) electrons. The van der Waals surface area contributed by atoms with Crippen LogP contribution in [0.5, 0.6) is 0 Å². The largest absolute Gasteiger partial charge is 0.298 e. The number of nitrogens with one attached hydrogen (secondary N) is 1. The molecular weight excluding hydrogens is 458 g/mol. The Morgan fingerprint density at radius 2 is 1.80 bits per heavy atom. The second kappa shape index (κ2) is 7.63. The van der Waals surface area contributed by atoms with E-state index >= 15 is 0 Å². The quantitative estimate of drug-likeness (QED) is 0.312. The molecule has 0 saturated heterocycles. The van der Waals surface area contributed by atoms with Gasteiger partial charge in [0.1, 0.15) is 0 Å². The van der Waals surface area contributed by atoms with Crippen molar-refractivity contribution < 1.29 is 4.79 Å². The summed E-state index contributed by atoms with van der Waals surface area (Å²) in [5, 5.41) is 4.36. The number of carbonyl (C=O) groups is 1. The second-order valence-corrected chi connectivity index (χ2v) is 8.97. The summed E-state index contributed by atoms with van der Waals surface area (Å²) in [5.41, 5.74) is 5.13. The zero-order valence-corrected chi connectivity index (χ0v) is 18.4. The standard InChI is InChI=1S/C24H16BrN3OS/c1-14-5-4-6-15(11-14)21-13-18(17-7-2-3-8-19(17)26-21)23(29)28-24-27-20-10-9-16(25)12-22(20)30-24/h2-13H,1H3,(H,27,28,29). The third-order valence-corrected chi connectivity index (χ3v) is 6.27. The van der Waals surface area contributed by atoms with Crippen molar-refractivity contribution in [2.75, 3.05) is 5.32 Å². The van der Waals surface area contributed by atoms with E-state index in [4.69, 9.17) is 4.98 Å². The Balaban J connectivity index is 1.58. The molecule has 0 aliphatic heterocycles. The van der Waals surface area contributed by atoms with Crippen LogP contribution in [-0.2, 0) is 0 Å². The van der Waals surface area contributed by atoms with E-state index in [2.05, 4.69) is 32.3 Å². The molecule has 1 amide bonds. The molecule has 3 aromatic carbocycles. The highest BCUT2D eigenvalue weighted by molar-refractivity contribution is 9.10. The topological polar surface area (TPSA) is 54.9 Å². The number of halogens is 1. The normalized spacial score (nSPS) is 11.1. The van der Waals surface area contributed by atoms with Crippen LogP contribution < -0.4 is 5.32 Å². The first-order chi connectivity index (χ1) is 14.6. The minimum absolute atomic E-state index is 0.194. The van der Waals surface area contributed by atoms with Crippen LogP contribution in [0.3, 0.4) is 0 Å². The van der Waals surface area contributed by atoms with Gasteiger partial charge in [0.15, 0.2) is 5.13 Å². The van der Waals surface area contributed by atoms with Crippen LogP contribution in [0.1, 0.15) is 15.9 Å². The van der Waals surface area contributed by atoms with Gasteiger partial charge in [-0.05, 0) is 43.3 Å². The molecule has 1 N–H and O–H groups in total. The first kappa shape index (κ1) is 18.9. The minimum atomic E-state index is -0.194. The Kier molecular flexibility index (Phi) is 4.81. The summed E-state index contributed by atoms with van der Waals surface area (Å²) in [6, 6.07) is 23.6. The fraction of sp³-hybridized carbons (Fsp3) is 0.0417. The van der Waals surface area contributed by atoms with E-state index in [1.807, 2.05) is 73.7 Å². The Labute approximate surface area is 185 Å². The molecule has 5 aromatic rings. The number of aromatic nitrogens is 2. The van der Waals surface area contributed by atoms with Gasteiger partial charge in [0.25, 0.3) is 5.91 Å². The molecule has 2 aromatic heterocycles. The lowest BCUT2D eigenvalue weighted by Crippen LogP contribution is -2.13. The Hall–Kier alpha value is -3.09. The van der Waals surface area contributed by atoms with E-state index in [9.17, 15) is 4.79 Å². The smallest absolute Gasteiger partial charge is 0.258 e. The first-order valence-electron chi connectivity index (χ1n) is 9.41. The van der Waals surface area contributed by atoms with E-state index in [0.29, 0.717) is 10.7 Å². The molecule has 0 aliphatic rings. The Morgan fingerprint density at radius 3 is 2.67 bits per heavy atom. The number of anilines is 1. The molecule has 2 heterocycles. The maximum absolute atomic E-state index is 13.2. The third kappa shape index (κ3) is 3.60. The predicted molar refractivity (Wildman–Crippen MR) is 127 cm³/mol. The van der Waals surface area contributed by atoms with E-state index < -0.39 is 0 Å². The fourth-order valence-electron chi connectivity index (χ4n) is 3.43. The van der Waals surface area contributed by atoms with Crippen LogP contribution in [0.15, 0.2) is 77.3 Å². The van der Waals surface area contributed by atoms with Gasteiger partial charge in [-0.15, -0.1) is 0 Å². The summed E-state index contributed by atoms with van der Waals surface area (Å²) >= 11 is 4.93. The van der Waals surface area contributed by atoms with Crippen molar-refractivity contribution in [1.29, 1.82) is 0 Å². The minimum Gasteiger partial charge on any atom is -0.298 e. The average molecular weight is 474 g/mol. The molecule has 0 spiro atoms. The van der Waals surface area contributed by atoms with Gasteiger partial charge < -0.3 is 0 Å². The summed E-state index contributed by atoms with van der Waals surface area (Å²) in [7, 11) is 0. The van der Waals surface area contributed by atoms with E-state index in [1.165, 1.54) is 11.3 Å². The monoisotopic (exact) mass is 473 g/mol. The summed E-state index contributed by atoms with van der Waals surface area (Å²) < 4.78 is 2.00. The molecular formula is C24H16BrN3OS. The Morgan fingerprint density at radius 1 is 0.933 bits per heavy atom. The van der Waals surface area contributed by atoms with Crippen molar-refractivity contribution >= 4 is 59.4 Å². The number of aryl methyl sites for hydroxylation is 1. The summed E-state index contributed by atoms with van der Waals surface area (Å²) in [5.74, 6) is -0.194. The van der Waals surface area contributed by atoms with Gasteiger partial charge >= 0.3 is 0 Å². The number of thiazole rings is 1. The zero-order valence-electron chi connectivity index (χ0n) is 16.0. The van der Waals surface area contributed by atoms with Gasteiger partial charge in [0.2, 0.25) is 0 Å². The summed E-state index contributed by atoms with van der Waals surface area (Å²) in [4.78, 5) is 22.6. The number of amides is 1. The van der Waals surface area contributed by atoms with E-state index in [0.717, 1.165) is 42.4 Å². The number of fused-ring (bicyclic) bond motifs is 2. The van der Waals surface area contributed by atoms with Crippen LogP contribution in [0, 0.1) is 6.92 Å². The molecule has 146 valence electrons. The number of para-hydroxylation sites is 1. The number of carbonyl (C=O) groups excluding carboxylic acids is 1. The van der Waals surface area contributed by atoms with Gasteiger partial charge in [0, 0.05) is 15.4 Å². The number of nitrogens with zero attached hydrogens (tertiary/aromatic N) is 2. The van der Waals surface area contributed by atoms with Crippen LogP contribution in [-0.4, -0.2) is 15.9 Å². The SMILES string of the molecule is Cc1cccc(-c2cc(C(=O)Nc3nc4ccc(Br)cc4s3)c3ccccc3n2)c1. The van der Waals surface area contributed by atoms with Crippen LogP contribution >= 0.6 is 27.3 Å². The van der Waals surface area contributed by atoms with E-state index in [-0.39, 0.29) is 5.91 Å². The highest BCUT2D eigenvalue weighted by Crippen LogP contribution is 2.30. The van der Waals surface area contributed by atoms with Crippen LogP contribution in [0.2, 0.25) is 0 Å². The maximum atomic E-state index is 13.2. The molecule has 5 rings (SSSR count). The van der Waals surface area contributed by atoms with Crippen molar-refractivity contribution in [3.05, 3.63) is 88.4 Å². The number of benzene rings is 3. The van der Waals surface area contributed by atoms with Crippen molar-refractivity contribution in [1.82, 2.24) is 9.97 Å². The molecule has 6 heteroatoms. The molecule has 0 aliphatic carbocycles. The van der Waals surface area contributed by atoms with E-state index in [1.54, 1.807) is 0 Å². The average Bonchev–Trinajstić information content (AvgIpc) is 3.14. The van der Waals surface area contributed by atoms with Gasteiger partial charge in [-0.1, -0.05) is 69.2 Å². The van der Waals surface area contributed by atoms with Crippen molar-refractivity contribution in [2.45, 2.75) is 6.92 Å². The lowest BCUT2D eigenvalue weighted by molar-refractivity contribution is 0.102. The first-order valence-corrected chi connectivity index (χ1v) is 11.0. The highest BCUT2D eigenvalue weighted by atomic mass is 79.9. The highest BCUT2D eigenvalue weighted by Gasteiger charge is 2.16. The molecule has 0 atom stereocenters. The molecule has 0 bridgehead atoms. The summed E-state index contributed by atoms with van der Waals surface area (Å²) in [6.07, 6.45) is 0. The molecule has 30 heavy (non-hydrogen) atoms. The van der Waals surface area contributed by atoms with Crippen molar-refractivity contribution in [3.8, 4) is 11.3 Å². The van der Waals surface area contributed by atoms with Gasteiger partial charge in [0.05, 0.1) is 27.0 Å². The van der Waals surface area contributed by atoms with Crippen LogP contribution in [0.4, 0.5) is 5.13 Å².